The van der Waals surface area contributed by atoms with E-state index in [1.165, 1.54) is 0 Å². The molecule has 0 amide bonds. The van der Waals surface area contributed by atoms with Gasteiger partial charge in [-0.3, -0.25) is 5.32 Å². The second kappa shape index (κ2) is 8.47. The third-order valence-corrected chi connectivity index (χ3v) is 6.13. The number of likely N-dealkylation sites (N-methyl/N-ethyl adjacent to an activating group) is 1. The molecule has 0 aliphatic carbocycles. The van der Waals surface area contributed by atoms with E-state index in [0.717, 1.165) is 62.2 Å². The summed E-state index contributed by atoms with van der Waals surface area (Å²) in [6, 6.07) is 2.03. The van der Waals surface area contributed by atoms with E-state index in [4.69, 9.17) is 9.72 Å². The quantitative estimate of drug-likeness (QED) is 0.736. The maximum absolute atomic E-state index is 11.3. The van der Waals surface area contributed by atoms with Gasteiger partial charge in [0.1, 0.15) is 16.5 Å². The predicted molar refractivity (Wildman–Crippen MR) is 112 cm³/mol. The average Bonchev–Trinajstić information content (AvgIpc) is 3.09. The summed E-state index contributed by atoms with van der Waals surface area (Å²) < 4.78 is 5.46. The molecule has 2 N–H and O–H groups in total. The number of hydrogen-bond acceptors (Lipinski definition) is 10. The first-order valence-electron chi connectivity index (χ1n) is 9.62. The Balaban J connectivity index is 1.63. The van der Waals surface area contributed by atoms with Crippen molar-refractivity contribution in [3.8, 4) is 0 Å². The van der Waals surface area contributed by atoms with Crippen LogP contribution < -0.4 is 15.1 Å². The van der Waals surface area contributed by atoms with Crippen molar-refractivity contribution in [1.29, 1.82) is 0 Å². The van der Waals surface area contributed by atoms with Crippen molar-refractivity contribution in [1.82, 2.24) is 19.9 Å². The van der Waals surface area contributed by atoms with Crippen LogP contribution in [-0.4, -0.2) is 90.5 Å². The predicted octanol–water partition coefficient (Wildman–Crippen LogP) is 1.27. The Labute approximate surface area is 173 Å². The molecule has 156 valence electrons. The van der Waals surface area contributed by atoms with Gasteiger partial charge in [0.15, 0.2) is 5.13 Å². The number of hydrogen-bond donors (Lipinski definition) is 2. The van der Waals surface area contributed by atoms with Crippen molar-refractivity contribution < 1.29 is 14.6 Å². The van der Waals surface area contributed by atoms with Gasteiger partial charge in [-0.1, -0.05) is 11.3 Å². The van der Waals surface area contributed by atoms with E-state index in [1.54, 1.807) is 6.92 Å². The lowest BCUT2D eigenvalue weighted by molar-refractivity contribution is 0.0701. The van der Waals surface area contributed by atoms with Gasteiger partial charge < -0.3 is 24.5 Å². The fourth-order valence-electron chi connectivity index (χ4n) is 3.37. The molecule has 0 radical (unpaired) electrons. The van der Waals surface area contributed by atoms with Crippen LogP contribution in [0.2, 0.25) is 0 Å². The molecule has 2 aliphatic rings. The van der Waals surface area contributed by atoms with Crippen molar-refractivity contribution in [2.24, 2.45) is 0 Å². The summed E-state index contributed by atoms with van der Waals surface area (Å²) in [6.45, 7) is 8.33. The van der Waals surface area contributed by atoms with E-state index in [-0.39, 0.29) is 4.88 Å². The SMILES string of the molecule is Cc1nc(Nc2nc(N3CCOCC3)cc(N3CCN(C)CC3)n2)sc1C(=O)O. The summed E-state index contributed by atoms with van der Waals surface area (Å²) in [5.41, 5.74) is 0.480. The van der Waals surface area contributed by atoms with Gasteiger partial charge in [-0.15, -0.1) is 0 Å². The van der Waals surface area contributed by atoms with E-state index in [2.05, 4.69) is 37.0 Å². The van der Waals surface area contributed by atoms with Crippen molar-refractivity contribution in [2.45, 2.75) is 6.92 Å². The highest BCUT2D eigenvalue weighted by Crippen LogP contribution is 2.28. The number of aryl methyl sites for hydroxylation is 1. The molecule has 10 nitrogen and oxygen atoms in total. The second-order valence-electron chi connectivity index (χ2n) is 7.16. The summed E-state index contributed by atoms with van der Waals surface area (Å²) in [5.74, 6) is 1.15. The Morgan fingerprint density at radius 1 is 1.07 bits per heavy atom. The average molecular weight is 420 g/mol. The zero-order valence-electron chi connectivity index (χ0n) is 16.6. The number of carboxylic acids is 1. The third-order valence-electron chi connectivity index (χ3n) is 5.07. The molecular weight excluding hydrogens is 394 g/mol. The number of piperazine rings is 1. The van der Waals surface area contributed by atoms with Crippen molar-refractivity contribution >= 4 is 40.0 Å². The van der Waals surface area contributed by atoms with Crippen LogP contribution in [0.3, 0.4) is 0 Å². The Kier molecular flexibility index (Phi) is 5.79. The first-order chi connectivity index (χ1) is 14.0. The Morgan fingerprint density at radius 3 is 2.28 bits per heavy atom. The summed E-state index contributed by atoms with van der Waals surface area (Å²) in [7, 11) is 2.12. The Morgan fingerprint density at radius 2 is 1.69 bits per heavy atom. The van der Waals surface area contributed by atoms with Gasteiger partial charge in [0.25, 0.3) is 0 Å². The highest BCUT2D eigenvalue weighted by Gasteiger charge is 2.21. The number of carboxylic acid groups (broad SMARTS) is 1. The van der Waals surface area contributed by atoms with Crippen molar-refractivity contribution in [3.05, 3.63) is 16.6 Å². The third kappa shape index (κ3) is 4.57. The zero-order chi connectivity index (χ0) is 20.4. The molecule has 11 heteroatoms. The van der Waals surface area contributed by atoms with Gasteiger partial charge in [-0.2, -0.15) is 9.97 Å². The number of nitrogens with zero attached hydrogens (tertiary/aromatic N) is 6. The smallest absolute Gasteiger partial charge is 0.347 e. The van der Waals surface area contributed by atoms with Crippen LogP contribution >= 0.6 is 11.3 Å². The number of aromatic nitrogens is 3. The topological polar surface area (TPSA) is 107 Å². The lowest BCUT2D eigenvalue weighted by Crippen LogP contribution is -2.45. The first-order valence-corrected chi connectivity index (χ1v) is 10.4. The molecule has 0 spiro atoms. The van der Waals surface area contributed by atoms with E-state index >= 15 is 0 Å². The van der Waals surface area contributed by atoms with Gasteiger partial charge in [0.2, 0.25) is 5.95 Å². The van der Waals surface area contributed by atoms with E-state index in [1.807, 2.05) is 6.07 Å². The fraction of sp³-hybridized carbons (Fsp3) is 0.556. The number of thiazole rings is 1. The van der Waals surface area contributed by atoms with Crippen LogP contribution in [0.5, 0.6) is 0 Å². The van der Waals surface area contributed by atoms with Gasteiger partial charge in [-0.05, 0) is 14.0 Å². The molecule has 4 rings (SSSR count). The maximum Gasteiger partial charge on any atom is 0.347 e. The van der Waals surface area contributed by atoms with Crippen LogP contribution in [0.15, 0.2) is 6.07 Å². The van der Waals surface area contributed by atoms with E-state index in [9.17, 15) is 9.90 Å². The number of aromatic carboxylic acids is 1. The van der Waals surface area contributed by atoms with Crippen molar-refractivity contribution in [2.75, 3.05) is 74.6 Å². The molecular formula is C18H25N7O3S. The van der Waals surface area contributed by atoms with Crippen LogP contribution in [0.25, 0.3) is 0 Å². The monoisotopic (exact) mass is 419 g/mol. The lowest BCUT2D eigenvalue weighted by Gasteiger charge is -2.34. The summed E-state index contributed by atoms with van der Waals surface area (Å²) in [5, 5.41) is 12.9. The van der Waals surface area contributed by atoms with Crippen LogP contribution in [-0.2, 0) is 4.74 Å². The van der Waals surface area contributed by atoms with Crippen LogP contribution in [0, 0.1) is 6.92 Å². The number of carbonyl (C=O) groups is 1. The number of nitrogens with one attached hydrogen (secondary N) is 1. The van der Waals surface area contributed by atoms with Crippen molar-refractivity contribution in [3.63, 3.8) is 0 Å². The van der Waals surface area contributed by atoms with Gasteiger partial charge in [0.05, 0.1) is 18.9 Å². The standard InChI is InChI=1S/C18H25N7O3S/c1-12-15(16(26)27)29-18(19-12)22-17-20-13(24-5-3-23(2)4-6-24)11-14(21-17)25-7-9-28-10-8-25/h11H,3-10H2,1-2H3,(H,26,27)(H,19,20,21,22). The Bertz CT molecular complexity index is 876. The lowest BCUT2D eigenvalue weighted by atomic mass is 10.3. The number of rotatable bonds is 5. The molecule has 2 fully saturated rings. The van der Waals surface area contributed by atoms with E-state index < -0.39 is 5.97 Å². The minimum atomic E-state index is -0.978. The molecule has 0 bridgehead atoms. The van der Waals surface area contributed by atoms with Gasteiger partial charge in [-0.25, -0.2) is 9.78 Å². The minimum absolute atomic E-state index is 0.219. The molecule has 2 aliphatic heterocycles. The van der Waals surface area contributed by atoms with Gasteiger partial charge in [0, 0.05) is 45.3 Å². The summed E-state index contributed by atoms with van der Waals surface area (Å²) in [6.07, 6.45) is 0. The molecule has 0 aromatic carbocycles. The molecule has 2 saturated heterocycles. The summed E-state index contributed by atoms with van der Waals surface area (Å²) >= 11 is 1.09. The van der Waals surface area contributed by atoms with E-state index in [0.29, 0.717) is 30.0 Å². The normalized spacial score (nSPS) is 18.1. The molecule has 0 saturated carbocycles. The number of morpholine rings is 1. The highest BCUT2D eigenvalue weighted by atomic mass is 32.1. The largest absolute Gasteiger partial charge is 0.477 e. The number of anilines is 4. The second-order valence-corrected chi connectivity index (χ2v) is 8.16. The molecule has 4 heterocycles. The maximum atomic E-state index is 11.3. The van der Waals surface area contributed by atoms with Gasteiger partial charge >= 0.3 is 5.97 Å². The first kappa shape index (κ1) is 19.8. The van der Waals surface area contributed by atoms with Crippen LogP contribution in [0.1, 0.15) is 15.4 Å². The Hall–Kier alpha value is -2.50. The minimum Gasteiger partial charge on any atom is -0.477 e. The highest BCUT2D eigenvalue weighted by molar-refractivity contribution is 7.17. The molecule has 2 aromatic heterocycles. The molecule has 0 atom stereocenters. The molecule has 0 unspecified atom stereocenters. The fourth-order valence-corrected chi connectivity index (χ4v) is 4.17. The number of ether oxygens (including phenoxy) is 1. The summed E-state index contributed by atoms with van der Waals surface area (Å²) in [4.78, 5) is 32.0. The zero-order valence-corrected chi connectivity index (χ0v) is 17.4. The van der Waals surface area contributed by atoms with Crippen LogP contribution in [0.4, 0.5) is 22.7 Å². The molecule has 2 aromatic rings. The molecule has 29 heavy (non-hydrogen) atoms.